The van der Waals surface area contributed by atoms with E-state index in [1.165, 1.54) is 0 Å². The Morgan fingerprint density at radius 1 is 1.55 bits per heavy atom. The maximum absolute atomic E-state index is 9.02. The van der Waals surface area contributed by atoms with Gasteiger partial charge < -0.3 is 5.11 Å². The fraction of sp³-hybridized carbons (Fsp3) is 0.333. The molecule has 0 saturated heterocycles. The highest BCUT2D eigenvalue weighted by molar-refractivity contribution is 9.12. The SMILES string of the molecule is C=C/C(=C(/Br)C(=C)O)C(C)C. The normalized spacial score (nSPS) is 12.7. The van der Waals surface area contributed by atoms with Crippen molar-refractivity contribution in [1.82, 2.24) is 0 Å². The van der Waals surface area contributed by atoms with E-state index in [0.29, 0.717) is 10.4 Å². The van der Waals surface area contributed by atoms with Crippen LogP contribution in [0, 0.1) is 5.92 Å². The summed E-state index contributed by atoms with van der Waals surface area (Å²) in [5.74, 6) is 0.388. The Kier molecular flexibility index (Phi) is 4.19. The minimum absolute atomic E-state index is 0.0496. The van der Waals surface area contributed by atoms with Gasteiger partial charge in [-0.25, -0.2) is 0 Å². The van der Waals surface area contributed by atoms with Crippen LogP contribution in [0.25, 0.3) is 0 Å². The number of hydrogen-bond donors (Lipinski definition) is 1. The molecule has 0 fully saturated rings. The van der Waals surface area contributed by atoms with Crippen molar-refractivity contribution in [2.75, 3.05) is 0 Å². The fourth-order valence-corrected chi connectivity index (χ4v) is 1.37. The standard InChI is InChI=1S/C9H13BrO/c1-5-8(6(2)3)9(10)7(4)11/h5-6,11H,1,4H2,2-3H3/b9-8-. The molecule has 0 spiro atoms. The molecule has 0 aromatic heterocycles. The molecular formula is C9H13BrO. The van der Waals surface area contributed by atoms with Crippen LogP contribution in [0.15, 0.2) is 35.0 Å². The Labute approximate surface area is 76.3 Å². The zero-order chi connectivity index (χ0) is 9.02. The second-order valence-corrected chi connectivity index (χ2v) is 3.37. The lowest BCUT2D eigenvalue weighted by Crippen LogP contribution is -1.94. The zero-order valence-electron chi connectivity index (χ0n) is 6.89. The molecule has 1 N–H and O–H groups in total. The Balaban J connectivity index is 4.83. The molecule has 11 heavy (non-hydrogen) atoms. The van der Waals surface area contributed by atoms with Crippen LogP contribution >= 0.6 is 15.9 Å². The second-order valence-electron chi connectivity index (χ2n) is 2.57. The van der Waals surface area contributed by atoms with Gasteiger partial charge in [0.2, 0.25) is 0 Å². The van der Waals surface area contributed by atoms with E-state index in [2.05, 4.69) is 29.1 Å². The molecule has 0 amide bonds. The van der Waals surface area contributed by atoms with Crippen molar-refractivity contribution in [3.05, 3.63) is 35.0 Å². The molecule has 0 atom stereocenters. The van der Waals surface area contributed by atoms with Crippen molar-refractivity contribution in [3.63, 3.8) is 0 Å². The highest BCUT2D eigenvalue weighted by Crippen LogP contribution is 2.24. The molecule has 0 aliphatic heterocycles. The minimum atomic E-state index is 0.0496. The number of aliphatic hydroxyl groups is 1. The number of aliphatic hydroxyl groups excluding tert-OH is 1. The van der Waals surface area contributed by atoms with E-state index in [1.807, 2.05) is 13.8 Å². The summed E-state index contributed by atoms with van der Waals surface area (Å²) in [6, 6.07) is 0. The van der Waals surface area contributed by atoms with Crippen LogP contribution in [0.5, 0.6) is 0 Å². The lowest BCUT2D eigenvalue weighted by Gasteiger charge is -2.08. The zero-order valence-corrected chi connectivity index (χ0v) is 8.48. The molecule has 0 aliphatic carbocycles. The summed E-state index contributed by atoms with van der Waals surface area (Å²) in [4.78, 5) is 0. The molecule has 0 radical (unpaired) electrons. The van der Waals surface area contributed by atoms with Crippen LogP contribution in [-0.4, -0.2) is 5.11 Å². The molecule has 0 saturated carbocycles. The van der Waals surface area contributed by atoms with E-state index in [1.54, 1.807) is 6.08 Å². The highest BCUT2D eigenvalue weighted by Gasteiger charge is 2.06. The van der Waals surface area contributed by atoms with Crippen LogP contribution in [0.4, 0.5) is 0 Å². The van der Waals surface area contributed by atoms with Gasteiger partial charge in [-0.05, 0) is 27.4 Å². The topological polar surface area (TPSA) is 20.2 Å². The van der Waals surface area contributed by atoms with Crippen LogP contribution in [0.1, 0.15) is 13.8 Å². The van der Waals surface area contributed by atoms with E-state index in [9.17, 15) is 0 Å². The predicted molar refractivity (Wildman–Crippen MR) is 52.8 cm³/mol. The Hall–Kier alpha value is -0.500. The predicted octanol–water partition coefficient (Wildman–Crippen LogP) is 3.55. The van der Waals surface area contributed by atoms with Crippen LogP contribution < -0.4 is 0 Å². The average Bonchev–Trinajstić information content (AvgIpc) is 1.88. The molecule has 0 aliphatic rings. The summed E-state index contributed by atoms with van der Waals surface area (Å²) in [6.45, 7) is 11.1. The quantitative estimate of drug-likeness (QED) is 0.566. The van der Waals surface area contributed by atoms with Gasteiger partial charge in [0.05, 0.1) is 4.48 Å². The summed E-state index contributed by atoms with van der Waals surface area (Å²) in [6.07, 6.45) is 1.72. The Morgan fingerprint density at radius 2 is 2.00 bits per heavy atom. The summed E-state index contributed by atoms with van der Waals surface area (Å²) in [5, 5.41) is 9.02. The van der Waals surface area contributed by atoms with Crippen LogP contribution in [-0.2, 0) is 0 Å². The number of halogens is 1. The van der Waals surface area contributed by atoms with E-state index < -0.39 is 0 Å². The molecule has 62 valence electrons. The van der Waals surface area contributed by atoms with Gasteiger partial charge in [-0.3, -0.25) is 0 Å². The van der Waals surface area contributed by atoms with Gasteiger partial charge in [-0.1, -0.05) is 33.1 Å². The largest absolute Gasteiger partial charge is 0.507 e. The molecule has 1 nitrogen and oxygen atoms in total. The molecule has 0 heterocycles. The summed E-state index contributed by atoms with van der Waals surface area (Å²) < 4.78 is 0.641. The van der Waals surface area contributed by atoms with Gasteiger partial charge in [-0.2, -0.15) is 0 Å². The van der Waals surface area contributed by atoms with Crippen molar-refractivity contribution in [2.24, 2.45) is 5.92 Å². The first-order valence-corrected chi connectivity index (χ1v) is 4.20. The van der Waals surface area contributed by atoms with Gasteiger partial charge >= 0.3 is 0 Å². The smallest absolute Gasteiger partial charge is 0.122 e. The second kappa shape index (κ2) is 4.39. The average molecular weight is 217 g/mol. The maximum Gasteiger partial charge on any atom is 0.122 e. The van der Waals surface area contributed by atoms with E-state index in [-0.39, 0.29) is 5.76 Å². The summed E-state index contributed by atoms with van der Waals surface area (Å²) in [7, 11) is 0. The van der Waals surface area contributed by atoms with Gasteiger partial charge in [-0.15, -0.1) is 0 Å². The van der Waals surface area contributed by atoms with Crippen molar-refractivity contribution in [3.8, 4) is 0 Å². The molecule has 0 unspecified atom stereocenters. The van der Waals surface area contributed by atoms with E-state index in [4.69, 9.17) is 5.11 Å². The van der Waals surface area contributed by atoms with Gasteiger partial charge in [0.1, 0.15) is 5.76 Å². The number of allylic oxidation sites excluding steroid dienone is 3. The first-order chi connectivity index (χ1) is 5.00. The van der Waals surface area contributed by atoms with Crippen molar-refractivity contribution < 1.29 is 5.11 Å². The third kappa shape index (κ3) is 2.93. The lowest BCUT2D eigenvalue weighted by atomic mass is 10.0. The maximum atomic E-state index is 9.02. The molecule has 0 aromatic rings. The first-order valence-electron chi connectivity index (χ1n) is 3.41. The molecule has 0 bridgehead atoms. The van der Waals surface area contributed by atoms with E-state index >= 15 is 0 Å². The minimum Gasteiger partial charge on any atom is -0.507 e. The highest BCUT2D eigenvalue weighted by atomic mass is 79.9. The van der Waals surface area contributed by atoms with Gasteiger partial charge in [0.15, 0.2) is 0 Å². The Morgan fingerprint density at radius 3 is 2.09 bits per heavy atom. The molecule has 0 aromatic carbocycles. The van der Waals surface area contributed by atoms with Crippen molar-refractivity contribution >= 4 is 15.9 Å². The van der Waals surface area contributed by atoms with E-state index in [0.717, 1.165) is 5.57 Å². The first kappa shape index (κ1) is 10.5. The monoisotopic (exact) mass is 216 g/mol. The van der Waals surface area contributed by atoms with Gasteiger partial charge in [0.25, 0.3) is 0 Å². The third-order valence-corrected chi connectivity index (χ3v) is 2.26. The Bertz CT molecular complexity index is 202. The molecule has 2 heteroatoms. The summed E-state index contributed by atoms with van der Waals surface area (Å²) >= 11 is 3.23. The third-order valence-electron chi connectivity index (χ3n) is 1.35. The van der Waals surface area contributed by atoms with Crippen LogP contribution in [0.2, 0.25) is 0 Å². The number of hydrogen-bond acceptors (Lipinski definition) is 1. The number of rotatable bonds is 3. The molecule has 0 rings (SSSR count). The summed E-state index contributed by atoms with van der Waals surface area (Å²) in [5.41, 5.74) is 0.970. The fourth-order valence-electron chi connectivity index (χ4n) is 0.745. The van der Waals surface area contributed by atoms with Crippen molar-refractivity contribution in [1.29, 1.82) is 0 Å². The van der Waals surface area contributed by atoms with Crippen LogP contribution in [0.3, 0.4) is 0 Å². The molecular weight excluding hydrogens is 204 g/mol. The van der Waals surface area contributed by atoms with Crippen molar-refractivity contribution in [2.45, 2.75) is 13.8 Å². The van der Waals surface area contributed by atoms with Gasteiger partial charge in [0, 0.05) is 0 Å². The lowest BCUT2D eigenvalue weighted by molar-refractivity contribution is 0.432.